The van der Waals surface area contributed by atoms with Crippen LogP contribution in [0.25, 0.3) is 0 Å². The minimum atomic E-state index is -4.36. The predicted octanol–water partition coefficient (Wildman–Crippen LogP) is 3.23. The highest BCUT2D eigenvalue weighted by Crippen LogP contribution is 2.30. The standard InChI is InChI=1S/C12H14F3NO2/c1-7(11(17)18)8(2)16-10-5-3-9(4-6-10)12(13,14)15/h3-8,16H,1-2H3,(H,17,18). The monoisotopic (exact) mass is 261 g/mol. The van der Waals surface area contributed by atoms with Gasteiger partial charge < -0.3 is 10.4 Å². The van der Waals surface area contributed by atoms with Crippen molar-refractivity contribution in [3.05, 3.63) is 29.8 Å². The van der Waals surface area contributed by atoms with E-state index in [2.05, 4.69) is 5.32 Å². The van der Waals surface area contributed by atoms with Gasteiger partial charge in [-0.25, -0.2) is 0 Å². The number of alkyl halides is 3. The molecule has 1 aromatic carbocycles. The second-order valence-corrected chi connectivity index (χ2v) is 4.14. The Balaban J connectivity index is 2.73. The number of nitrogens with one attached hydrogen (secondary N) is 1. The summed E-state index contributed by atoms with van der Waals surface area (Å²) in [6.07, 6.45) is -4.36. The van der Waals surface area contributed by atoms with Crippen molar-refractivity contribution in [3.8, 4) is 0 Å². The maximum Gasteiger partial charge on any atom is 0.416 e. The lowest BCUT2D eigenvalue weighted by Gasteiger charge is -2.19. The summed E-state index contributed by atoms with van der Waals surface area (Å²) in [5, 5.41) is 11.6. The quantitative estimate of drug-likeness (QED) is 0.874. The second-order valence-electron chi connectivity index (χ2n) is 4.14. The number of hydrogen-bond acceptors (Lipinski definition) is 2. The molecule has 0 spiro atoms. The summed E-state index contributed by atoms with van der Waals surface area (Å²) in [6, 6.07) is 4.11. The van der Waals surface area contributed by atoms with Crippen LogP contribution < -0.4 is 5.32 Å². The van der Waals surface area contributed by atoms with Gasteiger partial charge in [0.25, 0.3) is 0 Å². The van der Waals surface area contributed by atoms with Gasteiger partial charge in [-0.1, -0.05) is 0 Å². The highest BCUT2D eigenvalue weighted by atomic mass is 19.4. The molecule has 100 valence electrons. The molecule has 0 saturated heterocycles. The zero-order chi connectivity index (χ0) is 13.9. The zero-order valence-corrected chi connectivity index (χ0v) is 9.95. The number of benzene rings is 1. The van der Waals surface area contributed by atoms with Gasteiger partial charge in [0.2, 0.25) is 0 Å². The van der Waals surface area contributed by atoms with Crippen LogP contribution in [-0.4, -0.2) is 17.1 Å². The van der Waals surface area contributed by atoms with Crippen molar-refractivity contribution in [2.24, 2.45) is 5.92 Å². The normalized spacial score (nSPS) is 14.9. The van der Waals surface area contributed by atoms with Crippen LogP contribution in [0.3, 0.4) is 0 Å². The summed E-state index contributed by atoms with van der Waals surface area (Å²) in [6.45, 7) is 3.19. The van der Waals surface area contributed by atoms with Gasteiger partial charge >= 0.3 is 12.1 Å². The summed E-state index contributed by atoms with van der Waals surface area (Å²) in [5.41, 5.74) is -0.268. The first-order chi connectivity index (χ1) is 8.21. The average molecular weight is 261 g/mol. The molecule has 1 aromatic rings. The van der Waals surface area contributed by atoms with Crippen molar-refractivity contribution < 1.29 is 23.1 Å². The molecule has 18 heavy (non-hydrogen) atoms. The fraction of sp³-hybridized carbons (Fsp3) is 0.417. The number of carboxylic acid groups (broad SMARTS) is 1. The molecular formula is C12H14F3NO2. The van der Waals surface area contributed by atoms with Crippen LogP contribution in [0.5, 0.6) is 0 Å². The van der Waals surface area contributed by atoms with Gasteiger partial charge in [0.05, 0.1) is 11.5 Å². The molecule has 0 saturated carbocycles. The van der Waals surface area contributed by atoms with Crippen molar-refractivity contribution in [3.63, 3.8) is 0 Å². The van der Waals surface area contributed by atoms with E-state index in [1.54, 1.807) is 6.92 Å². The van der Waals surface area contributed by atoms with Crippen LogP contribution in [0.15, 0.2) is 24.3 Å². The van der Waals surface area contributed by atoms with E-state index >= 15 is 0 Å². The number of anilines is 1. The van der Waals surface area contributed by atoms with Crippen LogP contribution in [0.4, 0.5) is 18.9 Å². The Morgan fingerprint density at radius 1 is 1.22 bits per heavy atom. The number of carboxylic acids is 1. The molecule has 0 aliphatic heterocycles. The van der Waals surface area contributed by atoms with Crippen LogP contribution in [0, 0.1) is 5.92 Å². The second kappa shape index (κ2) is 5.29. The number of aliphatic carboxylic acids is 1. The van der Waals surface area contributed by atoms with Gasteiger partial charge in [-0.2, -0.15) is 13.2 Å². The number of carbonyl (C=O) groups is 1. The third-order valence-electron chi connectivity index (χ3n) is 2.75. The maximum absolute atomic E-state index is 12.3. The third kappa shape index (κ3) is 3.65. The fourth-order valence-corrected chi connectivity index (χ4v) is 1.36. The average Bonchev–Trinajstić information content (AvgIpc) is 2.27. The lowest BCUT2D eigenvalue weighted by molar-refractivity contribution is -0.141. The first-order valence-corrected chi connectivity index (χ1v) is 5.38. The molecule has 2 unspecified atom stereocenters. The fourth-order valence-electron chi connectivity index (χ4n) is 1.36. The van der Waals surface area contributed by atoms with E-state index in [4.69, 9.17) is 5.11 Å². The maximum atomic E-state index is 12.3. The molecule has 2 atom stereocenters. The number of hydrogen-bond donors (Lipinski definition) is 2. The lowest BCUT2D eigenvalue weighted by atomic mass is 10.0. The van der Waals surface area contributed by atoms with Crippen LogP contribution in [0.1, 0.15) is 19.4 Å². The molecule has 0 aliphatic carbocycles. The molecule has 2 N–H and O–H groups in total. The molecule has 3 nitrogen and oxygen atoms in total. The summed E-state index contributed by atoms with van der Waals surface area (Å²) < 4.78 is 37.0. The summed E-state index contributed by atoms with van der Waals surface area (Å²) in [4.78, 5) is 10.7. The molecule has 0 aromatic heterocycles. The molecular weight excluding hydrogens is 247 g/mol. The molecule has 0 heterocycles. The Labute approximate surface area is 103 Å². The molecule has 0 fully saturated rings. The first-order valence-electron chi connectivity index (χ1n) is 5.38. The topological polar surface area (TPSA) is 49.3 Å². The predicted molar refractivity (Wildman–Crippen MR) is 61.3 cm³/mol. The van der Waals surface area contributed by atoms with Gasteiger partial charge in [0.15, 0.2) is 0 Å². The van der Waals surface area contributed by atoms with Crippen molar-refractivity contribution in [1.82, 2.24) is 0 Å². The van der Waals surface area contributed by atoms with Crippen LogP contribution >= 0.6 is 0 Å². The Bertz CT molecular complexity index is 414. The van der Waals surface area contributed by atoms with E-state index < -0.39 is 23.6 Å². The van der Waals surface area contributed by atoms with Gasteiger partial charge in [-0.05, 0) is 38.1 Å². The summed E-state index contributed by atoms with van der Waals surface area (Å²) in [5.74, 6) is -1.59. The van der Waals surface area contributed by atoms with Gasteiger partial charge in [-0.15, -0.1) is 0 Å². The third-order valence-corrected chi connectivity index (χ3v) is 2.75. The van der Waals surface area contributed by atoms with Gasteiger partial charge in [0.1, 0.15) is 0 Å². The van der Waals surface area contributed by atoms with Gasteiger partial charge in [-0.3, -0.25) is 4.79 Å². The summed E-state index contributed by atoms with van der Waals surface area (Å²) in [7, 11) is 0. The molecule has 1 rings (SSSR count). The van der Waals surface area contributed by atoms with Gasteiger partial charge in [0, 0.05) is 11.7 Å². The van der Waals surface area contributed by atoms with Crippen molar-refractivity contribution >= 4 is 11.7 Å². The molecule has 0 bridgehead atoms. The molecule has 0 radical (unpaired) electrons. The van der Waals surface area contributed by atoms with E-state index in [9.17, 15) is 18.0 Å². The van der Waals surface area contributed by atoms with Crippen molar-refractivity contribution in [2.75, 3.05) is 5.32 Å². The number of halogens is 3. The van der Waals surface area contributed by atoms with Crippen LogP contribution in [-0.2, 0) is 11.0 Å². The van der Waals surface area contributed by atoms with E-state index in [-0.39, 0.29) is 6.04 Å². The van der Waals surface area contributed by atoms with E-state index in [1.807, 2.05) is 0 Å². The Hall–Kier alpha value is -1.72. The first kappa shape index (κ1) is 14.3. The van der Waals surface area contributed by atoms with Crippen molar-refractivity contribution in [2.45, 2.75) is 26.1 Å². The molecule has 0 amide bonds. The highest BCUT2D eigenvalue weighted by molar-refractivity contribution is 5.71. The number of rotatable bonds is 4. The van der Waals surface area contributed by atoms with Crippen LogP contribution in [0.2, 0.25) is 0 Å². The Morgan fingerprint density at radius 3 is 2.11 bits per heavy atom. The van der Waals surface area contributed by atoms with E-state index in [0.717, 1.165) is 12.1 Å². The minimum absolute atomic E-state index is 0.376. The SMILES string of the molecule is CC(Nc1ccc(C(F)(F)F)cc1)C(C)C(=O)O. The zero-order valence-electron chi connectivity index (χ0n) is 9.95. The Morgan fingerprint density at radius 2 is 1.72 bits per heavy atom. The minimum Gasteiger partial charge on any atom is -0.481 e. The Kier molecular flexibility index (Phi) is 4.21. The van der Waals surface area contributed by atoms with E-state index in [0.29, 0.717) is 5.69 Å². The molecule has 6 heteroatoms. The largest absolute Gasteiger partial charge is 0.481 e. The molecule has 0 aliphatic rings. The van der Waals surface area contributed by atoms with E-state index in [1.165, 1.54) is 19.1 Å². The summed E-state index contributed by atoms with van der Waals surface area (Å²) >= 11 is 0. The van der Waals surface area contributed by atoms with Crippen molar-refractivity contribution in [1.29, 1.82) is 0 Å². The lowest BCUT2D eigenvalue weighted by Crippen LogP contribution is -2.29. The smallest absolute Gasteiger partial charge is 0.416 e. The highest BCUT2D eigenvalue weighted by Gasteiger charge is 2.30.